The van der Waals surface area contributed by atoms with Gasteiger partial charge < -0.3 is 14.4 Å². The van der Waals surface area contributed by atoms with E-state index < -0.39 is 11.7 Å². The molecule has 6 nitrogen and oxygen atoms in total. The Morgan fingerprint density at radius 2 is 1.68 bits per heavy atom. The van der Waals surface area contributed by atoms with E-state index in [2.05, 4.69) is 35.4 Å². The fourth-order valence-electron chi connectivity index (χ4n) is 5.64. The molecular formula is C28H34F3N5O. The fraction of sp³-hybridized carbons (Fsp3) is 0.500. The van der Waals surface area contributed by atoms with Crippen molar-refractivity contribution in [1.29, 1.82) is 0 Å². The fourth-order valence-corrected chi connectivity index (χ4v) is 5.64. The molecule has 0 bridgehead atoms. The molecule has 2 aliphatic rings. The van der Waals surface area contributed by atoms with Crippen molar-refractivity contribution in [3.05, 3.63) is 59.9 Å². The first-order chi connectivity index (χ1) is 17.7. The van der Waals surface area contributed by atoms with Crippen LogP contribution in [0, 0.1) is 5.92 Å². The van der Waals surface area contributed by atoms with Crippen LogP contribution in [0.3, 0.4) is 0 Å². The minimum Gasteiger partial charge on any atom is -0.368 e. The van der Waals surface area contributed by atoms with Gasteiger partial charge in [-0.2, -0.15) is 13.2 Å². The second-order valence-corrected chi connectivity index (χ2v) is 10.4. The third kappa shape index (κ3) is 5.46. The van der Waals surface area contributed by atoms with Crippen molar-refractivity contribution in [1.82, 2.24) is 19.4 Å². The van der Waals surface area contributed by atoms with Gasteiger partial charge in [-0.3, -0.25) is 9.69 Å². The topological polar surface area (TPSA) is 44.6 Å². The first-order valence-corrected chi connectivity index (χ1v) is 13.1. The Kier molecular flexibility index (Phi) is 7.16. The summed E-state index contributed by atoms with van der Waals surface area (Å²) >= 11 is 0. The van der Waals surface area contributed by atoms with Crippen LogP contribution in [0.25, 0.3) is 11.0 Å². The number of nitrogens with zero attached hydrogens (tertiary/aromatic N) is 5. The van der Waals surface area contributed by atoms with Crippen molar-refractivity contribution < 1.29 is 18.0 Å². The summed E-state index contributed by atoms with van der Waals surface area (Å²) in [5.41, 5.74) is 2.09. The van der Waals surface area contributed by atoms with Gasteiger partial charge in [-0.25, -0.2) is 4.98 Å². The van der Waals surface area contributed by atoms with Crippen LogP contribution in [0.5, 0.6) is 0 Å². The van der Waals surface area contributed by atoms with Crippen LogP contribution in [0.2, 0.25) is 0 Å². The molecule has 3 aromatic rings. The van der Waals surface area contributed by atoms with E-state index in [1.807, 2.05) is 21.9 Å². The van der Waals surface area contributed by atoms with Crippen molar-refractivity contribution in [2.24, 2.45) is 5.92 Å². The highest BCUT2D eigenvalue weighted by atomic mass is 19.4. The normalized spacial score (nSPS) is 18.2. The van der Waals surface area contributed by atoms with Gasteiger partial charge in [0.1, 0.15) is 5.82 Å². The maximum atomic E-state index is 13.2. The van der Waals surface area contributed by atoms with Gasteiger partial charge in [0.05, 0.1) is 23.1 Å². The molecule has 0 N–H and O–H groups in total. The number of fused-ring (bicyclic) bond motifs is 1. The number of carbonyl (C=O) groups excluding carboxylic acids is 1. The number of para-hydroxylation sites is 2. The monoisotopic (exact) mass is 513 g/mol. The smallest absolute Gasteiger partial charge is 0.368 e. The average Bonchev–Trinajstić information content (AvgIpc) is 3.26. The molecule has 9 heteroatoms. The minimum absolute atomic E-state index is 0.000253. The number of piperazine rings is 1. The molecule has 1 aromatic heterocycles. The summed E-state index contributed by atoms with van der Waals surface area (Å²) in [4.78, 5) is 24.3. The zero-order chi connectivity index (χ0) is 26.2. The molecule has 1 amide bonds. The summed E-state index contributed by atoms with van der Waals surface area (Å²) in [5.74, 6) is 1.24. The van der Waals surface area contributed by atoms with E-state index in [9.17, 15) is 18.0 Å². The van der Waals surface area contributed by atoms with E-state index in [4.69, 9.17) is 4.98 Å². The Balaban J connectivity index is 1.14. The van der Waals surface area contributed by atoms with Crippen LogP contribution in [0.15, 0.2) is 48.5 Å². The number of anilines is 1. The highest BCUT2D eigenvalue weighted by molar-refractivity contribution is 5.79. The quantitative estimate of drug-likeness (QED) is 0.471. The van der Waals surface area contributed by atoms with Crippen LogP contribution in [-0.4, -0.2) is 64.5 Å². The van der Waals surface area contributed by atoms with E-state index in [0.717, 1.165) is 55.4 Å². The predicted molar refractivity (Wildman–Crippen MR) is 138 cm³/mol. The second-order valence-electron chi connectivity index (χ2n) is 10.4. The zero-order valence-corrected chi connectivity index (χ0v) is 21.4. The number of alkyl halides is 3. The number of hydrogen-bond acceptors (Lipinski definition) is 4. The van der Waals surface area contributed by atoms with Crippen LogP contribution in [0.1, 0.15) is 44.1 Å². The van der Waals surface area contributed by atoms with E-state index in [1.54, 1.807) is 6.07 Å². The number of likely N-dealkylation sites (tertiary alicyclic amines) is 1. The number of rotatable bonds is 5. The van der Waals surface area contributed by atoms with Gasteiger partial charge in [-0.1, -0.05) is 18.2 Å². The summed E-state index contributed by atoms with van der Waals surface area (Å²) in [6.07, 6.45) is -2.73. The third-order valence-electron chi connectivity index (χ3n) is 7.62. The van der Waals surface area contributed by atoms with Crippen LogP contribution in [-0.2, 0) is 17.5 Å². The zero-order valence-electron chi connectivity index (χ0n) is 21.4. The van der Waals surface area contributed by atoms with Crippen molar-refractivity contribution >= 4 is 22.6 Å². The molecule has 2 saturated heterocycles. The van der Waals surface area contributed by atoms with Gasteiger partial charge >= 0.3 is 6.18 Å². The molecule has 0 aliphatic carbocycles. The molecule has 5 rings (SSSR count). The average molecular weight is 514 g/mol. The van der Waals surface area contributed by atoms with E-state index in [1.165, 1.54) is 12.1 Å². The number of amides is 1. The van der Waals surface area contributed by atoms with Gasteiger partial charge in [0.25, 0.3) is 0 Å². The number of carbonyl (C=O) groups is 1. The van der Waals surface area contributed by atoms with Crippen molar-refractivity contribution in [2.45, 2.75) is 45.5 Å². The Labute approximate surface area is 215 Å². The van der Waals surface area contributed by atoms with Gasteiger partial charge in [0.15, 0.2) is 0 Å². The Morgan fingerprint density at radius 1 is 0.973 bits per heavy atom. The number of aromatic nitrogens is 2. The highest BCUT2D eigenvalue weighted by Gasteiger charge is 2.33. The summed E-state index contributed by atoms with van der Waals surface area (Å²) in [5, 5.41) is 0. The van der Waals surface area contributed by atoms with E-state index >= 15 is 0 Å². The van der Waals surface area contributed by atoms with Crippen LogP contribution in [0.4, 0.5) is 18.9 Å². The molecule has 0 spiro atoms. The summed E-state index contributed by atoms with van der Waals surface area (Å²) in [7, 11) is 0. The second kappa shape index (κ2) is 10.4. The maximum absolute atomic E-state index is 13.2. The molecule has 2 fully saturated rings. The molecule has 0 saturated carbocycles. The first kappa shape index (κ1) is 25.6. The molecule has 198 valence electrons. The predicted octanol–water partition coefficient (Wildman–Crippen LogP) is 5.20. The molecular weight excluding hydrogens is 479 g/mol. The molecule has 3 heterocycles. The lowest BCUT2D eigenvalue weighted by Crippen LogP contribution is -2.51. The lowest BCUT2D eigenvalue weighted by molar-refractivity contribution is -0.138. The standard InChI is InChI=1S/C28H34F3N5O/c1-20(2)36-25-9-4-3-8-24(25)32-26(36)19-33-12-10-21(11-13-33)27(37)35-16-14-34(15-17-35)23-7-5-6-22(18-23)28(29,30)31/h3-9,18,20-21H,10-17,19H2,1-2H3. The Bertz CT molecular complexity index is 1240. The van der Waals surface area contributed by atoms with Gasteiger partial charge in [-0.05, 0) is 70.1 Å². The minimum atomic E-state index is -4.36. The number of piperidine rings is 1. The number of benzene rings is 2. The lowest BCUT2D eigenvalue weighted by atomic mass is 9.95. The molecule has 2 aliphatic heterocycles. The van der Waals surface area contributed by atoms with Crippen LogP contribution < -0.4 is 4.90 Å². The summed E-state index contributed by atoms with van der Waals surface area (Å²) < 4.78 is 41.6. The molecule has 37 heavy (non-hydrogen) atoms. The SMILES string of the molecule is CC(C)n1c(CN2CCC(C(=O)N3CCN(c4cccc(C(F)(F)F)c4)CC3)CC2)nc2ccccc21. The number of hydrogen-bond donors (Lipinski definition) is 0. The molecule has 0 atom stereocenters. The number of halogens is 3. The van der Waals surface area contributed by atoms with Gasteiger partial charge in [0.2, 0.25) is 5.91 Å². The maximum Gasteiger partial charge on any atom is 0.416 e. The molecule has 0 unspecified atom stereocenters. The Morgan fingerprint density at radius 3 is 2.35 bits per heavy atom. The van der Waals surface area contributed by atoms with Crippen molar-refractivity contribution in [3.63, 3.8) is 0 Å². The summed E-state index contributed by atoms with van der Waals surface area (Å²) in [6, 6.07) is 14.0. The Hall–Kier alpha value is -3.07. The largest absolute Gasteiger partial charge is 0.416 e. The number of imidazole rings is 1. The van der Waals surface area contributed by atoms with Crippen molar-refractivity contribution in [3.8, 4) is 0 Å². The van der Waals surface area contributed by atoms with Crippen molar-refractivity contribution in [2.75, 3.05) is 44.2 Å². The third-order valence-corrected chi connectivity index (χ3v) is 7.62. The van der Waals surface area contributed by atoms with Gasteiger partial charge in [0, 0.05) is 43.8 Å². The van der Waals surface area contributed by atoms with Crippen LogP contribution >= 0.6 is 0 Å². The lowest BCUT2D eigenvalue weighted by Gasteiger charge is -2.39. The summed E-state index contributed by atoms with van der Waals surface area (Å²) in [6.45, 7) is 8.97. The molecule has 0 radical (unpaired) electrons. The highest BCUT2D eigenvalue weighted by Crippen LogP contribution is 2.32. The van der Waals surface area contributed by atoms with E-state index in [0.29, 0.717) is 37.9 Å². The van der Waals surface area contributed by atoms with E-state index in [-0.39, 0.29) is 11.8 Å². The first-order valence-electron chi connectivity index (χ1n) is 13.1. The van der Waals surface area contributed by atoms with Gasteiger partial charge in [-0.15, -0.1) is 0 Å². The molecule has 2 aromatic carbocycles.